The zero-order valence-electron chi connectivity index (χ0n) is 12.3. The molecule has 1 saturated heterocycles. The van der Waals surface area contributed by atoms with E-state index in [2.05, 4.69) is 5.32 Å². The Hall–Kier alpha value is -1.51. The zero-order valence-corrected chi connectivity index (χ0v) is 13.1. The number of likely N-dealkylation sites (N-methyl/N-ethyl adjacent to an activating group) is 1. The Morgan fingerprint density at radius 3 is 2.68 bits per heavy atom. The maximum absolute atomic E-state index is 12.8. The Labute approximate surface area is 129 Å². The van der Waals surface area contributed by atoms with Crippen molar-refractivity contribution in [1.29, 1.82) is 0 Å². The molecule has 0 spiro atoms. The molecule has 122 valence electrons. The van der Waals surface area contributed by atoms with Crippen molar-refractivity contribution in [2.45, 2.75) is 23.8 Å². The topological polar surface area (TPSA) is 75.7 Å². The minimum Gasteiger partial charge on any atom is -0.376 e. The first-order valence-corrected chi connectivity index (χ1v) is 8.44. The molecule has 1 amide bonds. The Morgan fingerprint density at radius 2 is 2.09 bits per heavy atom. The molecule has 0 aliphatic carbocycles. The van der Waals surface area contributed by atoms with Gasteiger partial charge in [-0.25, -0.2) is 12.8 Å². The fourth-order valence-corrected chi connectivity index (χ4v) is 3.29. The number of nitrogens with zero attached hydrogens (tertiary/aromatic N) is 1. The molecule has 0 bridgehead atoms. The molecule has 1 unspecified atom stereocenters. The van der Waals surface area contributed by atoms with Crippen LogP contribution in [0, 0.1) is 5.82 Å². The van der Waals surface area contributed by atoms with Gasteiger partial charge in [0.1, 0.15) is 5.82 Å². The maximum Gasteiger partial charge on any atom is 0.243 e. The second-order valence-corrected chi connectivity index (χ2v) is 7.20. The number of halogens is 1. The van der Waals surface area contributed by atoms with Gasteiger partial charge in [-0.15, -0.1) is 0 Å². The number of benzene rings is 1. The lowest BCUT2D eigenvalue weighted by molar-refractivity contribution is -0.121. The van der Waals surface area contributed by atoms with E-state index < -0.39 is 21.7 Å². The molecular formula is C14H19FN2O4S. The highest BCUT2D eigenvalue weighted by molar-refractivity contribution is 7.89. The summed E-state index contributed by atoms with van der Waals surface area (Å²) in [5.41, 5.74) is 0. The molecule has 6 nitrogen and oxygen atoms in total. The predicted octanol–water partition coefficient (Wildman–Crippen LogP) is 0.741. The average Bonchev–Trinajstić information content (AvgIpc) is 2.99. The van der Waals surface area contributed by atoms with Gasteiger partial charge in [0.05, 0.1) is 17.5 Å². The summed E-state index contributed by atoms with van der Waals surface area (Å²) in [6.07, 6.45) is 1.87. The smallest absolute Gasteiger partial charge is 0.243 e. The van der Waals surface area contributed by atoms with Crippen LogP contribution in [0.3, 0.4) is 0 Å². The number of rotatable bonds is 6. The summed E-state index contributed by atoms with van der Waals surface area (Å²) >= 11 is 0. The molecule has 0 saturated carbocycles. The first-order chi connectivity index (χ1) is 10.4. The van der Waals surface area contributed by atoms with E-state index in [0.29, 0.717) is 13.2 Å². The third-order valence-electron chi connectivity index (χ3n) is 3.44. The van der Waals surface area contributed by atoms with Crippen LogP contribution in [-0.4, -0.2) is 51.5 Å². The van der Waals surface area contributed by atoms with Crippen LogP contribution in [0.15, 0.2) is 29.2 Å². The number of amides is 1. The lowest BCUT2D eigenvalue weighted by atomic mass is 10.2. The van der Waals surface area contributed by atoms with E-state index in [4.69, 9.17) is 4.74 Å². The van der Waals surface area contributed by atoms with Gasteiger partial charge in [0.15, 0.2) is 0 Å². The summed E-state index contributed by atoms with van der Waals surface area (Å²) in [5.74, 6) is -0.917. The van der Waals surface area contributed by atoms with E-state index in [9.17, 15) is 17.6 Å². The monoisotopic (exact) mass is 330 g/mol. The van der Waals surface area contributed by atoms with Gasteiger partial charge in [-0.05, 0) is 37.1 Å². The highest BCUT2D eigenvalue weighted by Crippen LogP contribution is 2.14. The Morgan fingerprint density at radius 1 is 1.41 bits per heavy atom. The molecule has 1 aliphatic rings. The lowest BCUT2D eigenvalue weighted by Crippen LogP contribution is -2.40. The number of carbonyl (C=O) groups is 1. The quantitative estimate of drug-likeness (QED) is 0.835. The number of sulfonamides is 1. The third-order valence-corrected chi connectivity index (χ3v) is 5.26. The molecule has 0 aromatic heterocycles. The minimum absolute atomic E-state index is 0.00274. The van der Waals surface area contributed by atoms with Crippen LogP contribution >= 0.6 is 0 Å². The van der Waals surface area contributed by atoms with Crippen molar-refractivity contribution < 1.29 is 22.3 Å². The van der Waals surface area contributed by atoms with Crippen LogP contribution in [-0.2, 0) is 19.6 Å². The lowest BCUT2D eigenvalue weighted by Gasteiger charge is -2.17. The Kier molecular flexibility index (Phi) is 5.49. The van der Waals surface area contributed by atoms with Gasteiger partial charge >= 0.3 is 0 Å². The number of nitrogens with one attached hydrogen (secondary N) is 1. The van der Waals surface area contributed by atoms with E-state index in [-0.39, 0.29) is 17.5 Å². The summed E-state index contributed by atoms with van der Waals surface area (Å²) < 4.78 is 43.6. The van der Waals surface area contributed by atoms with Gasteiger partial charge in [0.2, 0.25) is 15.9 Å². The van der Waals surface area contributed by atoms with Crippen LogP contribution in [0.4, 0.5) is 4.39 Å². The van der Waals surface area contributed by atoms with Crippen LogP contribution in [0.2, 0.25) is 0 Å². The highest BCUT2D eigenvalue weighted by Gasteiger charge is 2.23. The summed E-state index contributed by atoms with van der Waals surface area (Å²) in [4.78, 5) is 11.8. The summed E-state index contributed by atoms with van der Waals surface area (Å²) in [7, 11) is -2.50. The molecular weight excluding hydrogens is 311 g/mol. The largest absolute Gasteiger partial charge is 0.376 e. The van der Waals surface area contributed by atoms with Crippen molar-refractivity contribution in [2.75, 3.05) is 26.7 Å². The van der Waals surface area contributed by atoms with E-state index >= 15 is 0 Å². The summed E-state index contributed by atoms with van der Waals surface area (Å²) in [6.45, 7) is 0.773. The fourth-order valence-electron chi connectivity index (χ4n) is 2.16. The average molecular weight is 330 g/mol. The molecule has 1 aliphatic heterocycles. The predicted molar refractivity (Wildman–Crippen MR) is 78.2 cm³/mol. The maximum atomic E-state index is 12.8. The van der Waals surface area contributed by atoms with Gasteiger partial charge in [0, 0.05) is 20.2 Å². The first kappa shape index (κ1) is 16.9. The van der Waals surface area contributed by atoms with Gasteiger partial charge in [-0.3, -0.25) is 4.79 Å². The number of hydrogen-bond donors (Lipinski definition) is 1. The number of hydrogen-bond acceptors (Lipinski definition) is 4. The van der Waals surface area contributed by atoms with Crippen LogP contribution in [0.1, 0.15) is 12.8 Å². The van der Waals surface area contributed by atoms with E-state index in [1.54, 1.807) is 0 Å². The molecule has 1 aromatic rings. The van der Waals surface area contributed by atoms with Crippen LogP contribution in [0.25, 0.3) is 0 Å². The summed E-state index contributed by atoms with van der Waals surface area (Å²) in [6, 6.07) is 4.48. The van der Waals surface area contributed by atoms with Crippen molar-refractivity contribution in [3.05, 3.63) is 30.1 Å². The van der Waals surface area contributed by atoms with Crippen molar-refractivity contribution in [1.82, 2.24) is 9.62 Å². The molecule has 22 heavy (non-hydrogen) atoms. The fraction of sp³-hybridized carbons (Fsp3) is 0.500. The minimum atomic E-state index is -3.81. The molecule has 1 atom stereocenters. The Bertz CT molecular complexity index is 612. The molecule has 1 N–H and O–H groups in total. The van der Waals surface area contributed by atoms with Crippen molar-refractivity contribution >= 4 is 15.9 Å². The molecule has 1 fully saturated rings. The number of ether oxygens (including phenoxy) is 1. The third kappa shape index (κ3) is 4.25. The SMILES string of the molecule is CN(CC(=O)NCC1CCCO1)S(=O)(=O)c1ccc(F)cc1. The highest BCUT2D eigenvalue weighted by atomic mass is 32.2. The standard InChI is InChI=1S/C14H19FN2O4S/c1-17(10-14(18)16-9-12-3-2-8-21-12)22(19,20)13-6-4-11(15)5-7-13/h4-7,12H,2-3,8-10H2,1H3,(H,16,18). The second-order valence-electron chi connectivity index (χ2n) is 5.15. The van der Waals surface area contributed by atoms with Crippen molar-refractivity contribution in [3.8, 4) is 0 Å². The van der Waals surface area contributed by atoms with E-state index in [1.165, 1.54) is 19.2 Å². The molecule has 2 rings (SSSR count). The molecule has 1 aromatic carbocycles. The second kappa shape index (κ2) is 7.17. The van der Waals surface area contributed by atoms with Gasteiger partial charge in [0.25, 0.3) is 0 Å². The van der Waals surface area contributed by atoms with Crippen LogP contribution in [0.5, 0.6) is 0 Å². The summed E-state index contributed by atoms with van der Waals surface area (Å²) in [5, 5.41) is 2.66. The van der Waals surface area contributed by atoms with Gasteiger partial charge in [-0.1, -0.05) is 0 Å². The number of carbonyl (C=O) groups excluding carboxylic acids is 1. The normalized spacial score (nSPS) is 18.6. The first-order valence-electron chi connectivity index (χ1n) is 7.00. The molecule has 1 heterocycles. The molecule has 8 heteroatoms. The molecule has 0 radical (unpaired) electrons. The zero-order chi connectivity index (χ0) is 16.2. The van der Waals surface area contributed by atoms with Crippen molar-refractivity contribution in [2.24, 2.45) is 0 Å². The van der Waals surface area contributed by atoms with Crippen LogP contribution < -0.4 is 5.32 Å². The van der Waals surface area contributed by atoms with Gasteiger partial charge < -0.3 is 10.1 Å². The van der Waals surface area contributed by atoms with Crippen molar-refractivity contribution in [3.63, 3.8) is 0 Å². The van der Waals surface area contributed by atoms with E-state index in [1.807, 2.05) is 0 Å². The van der Waals surface area contributed by atoms with Gasteiger partial charge in [-0.2, -0.15) is 4.31 Å². The Balaban J connectivity index is 1.90. The van der Waals surface area contributed by atoms with E-state index in [0.717, 1.165) is 29.3 Å².